The summed E-state index contributed by atoms with van der Waals surface area (Å²) in [5.41, 5.74) is -0.700. The summed E-state index contributed by atoms with van der Waals surface area (Å²) in [4.78, 5) is 33.4. The molecular weight excluding hydrogens is 524 g/mol. The van der Waals surface area contributed by atoms with Gasteiger partial charge in [-0.3, -0.25) is 9.59 Å². The molecule has 0 heterocycles. The van der Waals surface area contributed by atoms with E-state index in [-0.39, 0.29) is 19.0 Å². The van der Waals surface area contributed by atoms with Gasteiger partial charge in [-0.2, -0.15) is 0 Å². The highest BCUT2D eigenvalue weighted by Crippen LogP contribution is 2.47. The third kappa shape index (κ3) is 4.28. The van der Waals surface area contributed by atoms with E-state index in [0.717, 1.165) is 6.08 Å². The Hall–Kier alpha value is -1.59. The standard InChI is InChI=1S/C13H9Br3O8/c14-7-5(8(15)10(19)11(20)9(7)16)1-3(12(21)22)4(13(23)24)2-6(17)18/h1,4,19-20H,2H2,(H,17,18)(H,21,22)(H,23,24). The van der Waals surface area contributed by atoms with E-state index in [1.807, 2.05) is 0 Å². The molecule has 0 amide bonds. The van der Waals surface area contributed by atoms with E-state index in [1.165, 1.54) is 0 Å². The molecule has 0 aliphatic carbocycles. The van der Waals surface area contributed by atoms with Crippen molar-refractivity contribution in [2.45, 2.75) is 6.42 Å². The number of carboxylic acids is 3. The van der Waals surface area contributed by atoms with Crippen molar-refractivity contribution in [1.82, 2.24) is 0 Å². The van der Waals surface area contributed by atoms with Gasteiger partial charge in [0.1, 0.15) is 0 Å². The van der Waals surface area contributed by atoms with Gasteiger partial charge in [0, 0.05) is 10.0 Å². The first-order valence-corrected chi connectivity index (χ1v) is 8.34. The molecule has 0 aliphatic heterocycles. The second-order valence-electron chi connectivity index (χ2n) is 4.45. The van der Waals surface area contributed by atoms with E-state index >= 15 is 0 Å². The van der Waals surface area contributed by atoms with Crippen molar-refractivity contribution in [3.05, 3.63) is 24.6 Å². The van der Waals surface area contributed by atoms with Crippen LogP contribution in [0.25, 0.3) is 6.08 Å². The number of aliphatic carboxylic acids is 3. The van der Waals surface area contributed by atoms with Gasteiger partial charge >= 0.3 is 17.9 Å². The SMILES string of the molecule is O=C(O)CC(C(=O)O)C(=Cc1c(Br)c(O)c(O)c(Br)c1Br)C(=O)O. The van der Waals surface area contributed by atoms with Crippen molar-refractivity contribution in [3.63, 3.8) is 0 Å². The Morgan fingerprint density at radius 2 is 1.42 bits per heavy atom. The Morgan fingerprint density at radius 3 is 1.83 bits per heavy atom. The molecule has 1 aromatic rings. The van der Waals surface area contributed by atoms with E-state index in [0.29, 0.717) is 0 Å². The zero-order chi connectivity index (χ0) is 18.8. The molecule has 0 saturated heterocycles. The first kappa shape index (κ1) is 20.5. The lowest BCUT2D eigenvalue weighted by atomic mass is 9.93. The molecule has 11 heteroatoms. The fraction of sp³-hybridized carbons (Fsp3) is 0.154. The Bertz CT molecular complexity index is 727. The van der Waals surface area contributed by atoms with Gasteiger partial charge in [0.25, 0.3) is 0 Å². The Kier molecular flexibility index (Phi) is 6.81. The van der Waals surface area contributed by atoms with Gasteiger partial charge in [0.15, 0.2) is 11.5 Å². The minimum atomic E-state index is -1.81. The van der Waals surface area contributed by atoms with Crippen LogP contribution in [0.1, 0.15) is 12.0 Å². The monoisotopic (exact) mass is 530 g/mol. The van der Waals surface area contributed by atoms with Crippen LogP contribution in [0.15, 0.2) is 19.0 Å². The predicted octanol–water partition coefficient (Wildman–Crippen LogP) is 3.03. The second kappa shape index (κ2) is 7.99. The largest absolute Gasteiger partial charge is 0.503 e. The first-order valence-electron chi connectivity index (χ1n) is 5.96. The molecule has 0 saturated carbocycles. The number of halogens is 3. The fourth-order valence-corrected chi connectivity index (χ4v) is 3.42. The minimum absolute atomic E-state index is 0.00398. The topological polar surface area (TPSA) is 152 Å². The molecule has 0 spiro atoms. The summed E-state index contributed by atoms with van der Waals surface area (Å²) in [5, 5.41) is 46.7. The van der Waals surface area contributed by atoms with E-state index in [9.17, 15) is 29.7 Å². The third-order valence-corrected chi connectivity index (χ3v) is 5.84. The molecule has 1 aromatic carbocycles. The summed E-state index contributed by atoms with van der Waals surface area (Å²) in [6.45, 7) is 0. The highest BCUT2D eigenvalue weighted by Gasteiger charge is 2.31. The van der Waals surface area contributed by atoms with E-state index in [2.05, 4.69) is 47.8 Å². The highest BCUT2D eigenvalue weighted by molar-refractivity contribution is 9.13. The Morgan fingerprint density at radius 1 is 0.917 bits per heavy atom. The summed E-state index contributed by atoms with van der Waals surface area (Å²) in [7, 11) is 0. The lowest BCUT2D eigenvalue weighted by Crippen LogP contribution is -2.24. The van der Waals surface area contributed by atoms with Gasteiger partial charge in [0.05, 0.1) is 26.9 Å². The smallest absolute Gasteiger partial charge is 0.332 e. The molecule has 0 aliphatic rings. The van der Waals surface area contributed by atoms with Gasteiger partial charge < -0.3 is 25.5 Å². The van der Waals surface area contributed by atoms with Crippen molar-refractivity contribution < 1.29 is 39.9 Å². The van der Waals surface area contributed by atoms with Crippen molar-refractivity contribution in [3.8, 4) is 11.5 Å². The van der Waals surface area contributed by atoms with E-state index < -0.39 is 47.3 Å². The molecule has 1 unspecified atom stereocenters. The summed E-state index contributed by atoms with van der Waals surface area (Å²) in [6, 6.07) is 0. The molecule has 8 nitrogen and oxygen atoms in total. The van der Waals surface area contributed by atoms with Crippen LogP contribution < -0.4 is 0 Å². The maximum atomic E-state index is 11.4. The van der Waals surface area contributed by atoms with Crippen LogP contribution in [0.5, 0.6) is 11.5 Å². The molecule has 24 heavy (non-hydrogen) atoms. The number of aromatic hydroxyl groups is 2. The number of phenolic OH excluding ortho intramolecular Hbond substituents is 2. The molecule has 0 radical (unpaired) electrons. The molecule has 1 atom stereocenters. The lowest BCUT2D eigenvalue weighted by Gasteiger charge is -2.14. The number of hydrogen-bond donors (Lipinski definition) is 5. The van der Waals surface area contributed by atoms with Gasteiger partial charge in [-0.1, -0.05) is 0 Å². The van der Waals surface area contributed by atoms with Crippen LogP contribution in [-0.4, -0.2) is 43.4 Å². The fourth-order valence-electron chi connectivity index (χ4n) is 1.75. The molecule has 1 rings (SSSR count). The zero-order valence-corrected chi connectivity index (χ0v) is 16.2. The van der Waals surface area contributed by atoms with E-state index in [4.69, 9.17) is 10.2 Å². The van der Waals surface area contributed by atoms with Crippen molar-refractivity contribution in [2.75, 3.05) is 0 Å². The van der Waals surface area contributed by atoms with Crippen LogP contribution in [-0.2, 0) is 14.4 Å². The summed E-state index contributed by atoms with van der Waals surface area (Å²) >= 11 is 9.03. The van der Waals surface area contributed by atoms with Crippen molar-refractivity contribution >= 4 is 71.8 Å². The Labute approximate surface area is 159 Å². The molecular formula is C13H9Br3O8. The Balaban J connectivity index is 3.66. The number of hydrogen-bond acceptors (Lipinski definition) is 5. The average molecular weight is 533 g/mol. The maximum Gasteiger partial charge on any atom is 0.332 e. The van der Waals surface area contributed by atoms with Gasteiger partial charge in [0.2, 0.25) is 0 Å². The molecule has 0 aromatic heterocycles. The van der Waals surface area contributed by atoms with Crippen LogP contribution in [0.3, 0.4) is 0 Å². The molecule has 0 bridgehead atoms. The second-order valence-corrected chi connectivity index (χ2v) is 6.83. The normalized spacial score (nSPS) is 12.7. The number of benzene rings is 1. The van der Waals surface area contributed by atoms with Gasteiger partial charge in [-0.25, -0.2) is 4.79 Å². The van der Waals surface area contributed by atoms with Crippen molar-refractivity contribution in [1.29, 1.82) is 0 Å². The zero-order valence-electron chi connectivity index (χ0n) is 11.5. The summed E-state index contributed by atoms with van der Waals surface area (Å²) < 4.78 is 0.0282. The lowest BCUT2D eigenvalue weighted by molar-refractivity contribution is -0.148. The van der Waals surface area contributed by atoms with Crippen molar-refractivity contribution in [2.24, 2.45) is 5.92 Å². The van der Waals surface area contributed by atoms with Gasteiger partial charge in [-0.15, -0.1) is 0 Å². The number of rotatable bonds is 6. The minimum Gasteiger partial charge on any atom is -0.503 e. The summed E-state index contributed by atoms with van der Waals surface area (Å²) in [6.07, 6.45) is -0.0317. The van der Waals surface area contributed by atoms with Crippen LogP contribution in [0, 0.1) is 5.92 Å². The van der Waals surface area contributed by atoms with Crippen LogP contribution in [0.2, 0.25) is 0 Å². The molecule has 5 N–H and O–H groups in total. The molecule has 0 fully saturated rings. The first-order chi connectivity index (χ1) is 11.0. The summed E-state index contributed by atoms with van der Waals surface area (Å²) in [5.74, 6) is -7.68. The van der Waals surface area contributed by atoms with Gasteiger partial charge in [-0.05, 0) is 53.9 Å². The number of carbonyl (C=O) groups is 3. The average Bonchev–Trinajstić information content (AvgIpc) is 2.48. The highest BCUT2D eigenvalue weighted by atomic mass is 79.9. The third-order valence-electron chi connectivity index (χ3n) is 2.90. The quantitative estimate of drug-likeness (QED) is 0.213. The van der Waals surface area contributed by atoms with Crippen LogP contribution >= 0.6 is 47.8 Å². The molecule has 130 valence electrons. The maximum absolute atomic E-state index is 11.4. The number of carboxylic acid groups (broad SMARTS) is 3. The number of phenols is 2. The predicted molar refractivity (Wildman–Crippen MR) is 91.9 cm³/mol. The van der Waals surface area contributed by atoms with E-state index in [1.54, 1.807) is 0 Å². The van der Waals surface area contributed by atoms with Crippen LogP contribution in [0.4, 0.5) is 0 Å².